The van der Waals surface area contributed by atoms with Crippen molar-refractivity contribution in [1.82, 2.24) is 0 Å². The van der Waals surface area contributed by atoms with Crippen LogP contribution in [-0.4, -0.2) is 17.7 Å². The lowest BCUT2D eigenvalue weighted by Crippen LogP contribution is -2.54. The van der Waals surface area contributed by atoms with Crippen LogP contribution in [-0.2, 0) is 19.1 Å². The highest BCUT2D eigenvalue weighted by atomic mass is 16.7. The Morgan fingerprint density at radius 3 is 2.19 bits per heavy atom. The van der Waals surface area contributed by atoms with Crippen molar-refractivity contribution in [3.63, 3.8) is 0 Å². The number of esters is 2. The van der Waals surface area contributed by atoms with Gasteiger partial charge in [-0.3, -0.25) is 9.59 Å². The Bertz CT molecular complexity index is 635. The Kier molecular flexibility index (Phi) is 2.80. The summed E-state index contributed by atoms with van der Waals surface area (Å²) in [5.41, 5.74) is 0.0597. The molecule has 2 aliphatic rings. The minimum Gasteiger partial charge on any atom is -0.422 e. The van der Waals surface area contributed by atoms with E-state index in [1.165, 1.54) is 0 Å². The van der Waals surface area contributed by atoms with Gasteiger partial charge in [-0.2, -0.15) is 0 Å². The van der Waals surface area contributed by atoms with Crippen LogP contribution in [0.15, 0.2) is 54.6 Å². The van der Waals surface area contributed by atoms with Gasteiger partial charge >= 0.3 is 11.9 Å². The standard InChI is InChI=1S/C17H16O4/c1-11-9-10-17(13(11)12-7-5-4-6-8-12)14(18)20-16(2,3)21-15(17)19/h4-10,13H,1H2,2-3H3. The molecule has 21 heavy (non-hydrogen) atoms. The number of rotatable bonds is 1. The van der Waals surface area contributed by atoms with Crippen LogP contribution >= 0.6 is 0 Å². The van der Waals surface area contributed by atoms with Crippen LogP contribution in [0.1, 0.15) is 25.3 Å². The van der Waals surface area contributed by atoms with Gasteiger partial charge in [0.1, 0.15) is 0 Å². The van der Waals surface area contributed by atoms with Crippen molar-refractivity contribution in [1.29, 1.82) is 0 Å². The average molecular weight is 284 g/mol. The summed E-state index contributed by atoms with van der Waals surface area (Å²) in [6, 6.07) is 9.33. The predicted octanol–water partition coefficient (Wildman–Crippen LogP) is 2.72. The van der Waals surface area contributed by atoms with Crippen LogP contribution in [0.5, 0.6) is 0 Å². The molecule has 1 unspecified atom stereocenters. The monoisotopic (exact) mass is 284 g/mol. The van der Waals surface area contributed by atoms with Crippen molar-refractivity contribution in [2.75, 3.05) is 0 Å². The van der Waals surface area contributed by atoms with Gasteiger partial charge < -0.3 is 9.47 Å². The van der Waals surface area contributed by atoms with Crippen molar-refractivity contribution in [2.45, 2.75) is 25.6 Å². The van der Waals surface area contributed by atoms with E-state index in [9.17, 15) is 9.59 Å². The highest BCUT2D eigenvalue weighted by Crippen LogP contribution is 2.51. The van der Waals surface area contributed by atoms with Gasteiger partial charge in [0.2, 0.25) is 0 Å². The van der Waals surface area contributed by atoms with Crippen molar-refractivity contribution >= 4 is 11.9 Å². The number of benzene rings is 1. The normalized spacial score (nSPS) is 25.8. The number of carbonyl (C=O) groups is 2. The summed E-state index contributed by atoms with van der Waals surface area (Å²) in [6.45, 7) is 7.05. The molecule has 1 aliphatic carbocycles. The zero-order valence-corrected chi connectivity index (χ0v) is 12.0. The smallest absolute Gasteiger partial charge is 0.331 e. The van der Waals surface area contributed by atoms with Crippen molar-refractivity contribution in [3.05, 3.63) is 60.2 Å². The molecule has 0 aromatic heterocycles. The maximum absolute atomic E-state index is 12.6. The van der Waals surface area contributed by atoms with E-state index in [-0.39, 0.29) is 0 Å². The molecule has 1 saturated heterocycles. The highest BCUT2D eigenvalue weighted by molar-refractivity contribution is 6.06. The van der Waals surface area contributed by atoms with Crippen molar-refractivity contribution in [2.24, 2.45) is 5.41 Å². The van der Waals surface area contributed by atoms with E-state index in [4.69, 9.17) is 9.47 Å². The number of hydrogen-bond acceptors (Lipinski definition) is 4. The van der Waals surface area contributed by atoms with Crippen LogP contribution in [0.2, 0.25) is 0 Å². The lowest BCUT2D eigenvalue weighted by atomic mass is 9.72. The Labute approximate surface area is 123 Å². The van der Waals surface area contributed by atoms with Gasteiger partial charge in [-0.15, -0.1) is 0 Å². The van der Waals surface area contributed by atoms with E-state index in [1.54, 1.807) is 26.0 Å². The SMILES string of the molecule is C=C1C=CC2(C(=O)OC(C)(C)OC2=O)C1c1ccccc1. The third-order valence-corrected chi connectivity index (χ3v) is 3.87. The molecule has 1 heterocycles. The fourth-order valence-electron chi connectivity index (χ4n) is 2.94. The fraction of sp³-hybridized carbons (Fsp3) is 0.294. The third kappa shape index (κ3) is 1.90. The maximum Gasteiger partial charge on any atom is 0.331 e. The van der Waals surface area contributed by atoms with E-state index in [0.29, 0.717) is 5.57 Å². The zero-order chi connectivity index (χ0) is 15.3. The lowest BCUT2D eigenvalue weighted by Gasteiger charge is -2.40. The molecule has 0 N–H and O–H groups in total. The van der Waals surface area contributed by atoms with Crippen LogP contribution < -0.4 is 0 Å². The number of hydrogen-bond donors (Lipinski definition) is 0. The molecule has 1 aliphatic heterocycles. The van der Waals surface area contributed by atoms with Gasteiger partial charge in [0, 0.05) is 19.8 Å². The first-order valence-electron chi connectivity index (χ1n) is 6.77. The summed E-state index contributed by atoms with van der Waals surface area (Å²) in [7, 11) is 0. The average Bonchev–Trinajstić information content (AvgIpc) is 2.76. The molecular formula is C17H16O4. The third-order valence-electron chi connectivity index (χ3n) is 3.87. The summed E-state index contributed by atoms with van der Waals surface area (Å²) in [5, 5.41) is 0. The number of allylic oxidation sites excluding steroid dienone is 2. The van der Waals surface area contributed by atoms with Crippen LogP contribution in [0.4, 0.5) is 0 Å². The molecule has 4 nitrogen and oxygen atoms in total. The van der Waals surface area contributed by atoms with Gasteiger partial charge in [0.15, 0.2) is 5.41 Å². The molecular weight excluding hydrogens is 268 g/mol. The Morgan fingerprint density at radius 2 is 1.62 bits per heavy atom. The Balaban J connectivity index is 2.11. The summed E-state index contributed by atoms with van der Waals surface area (Å²) < 4.78 is 10.6. The fourth-order valence-corrected chi connectivity index (χ4v) is 2.94. The van der Waals surface area contributed by atoms with Gasteiger partial charge in [-0.05, 0) is 11.1 Å². The van der Waals surface area contributed by atoms with E-state index in [1.807, 2.05) is 30.3 Å². The van der Waals surface area contributed by atoms with E-state index < -0.39 is 29.1 Å². The summed E-state index contributed by atoms with van der Waals surface area (Å²) in [6.07, 6.45) is 3.24. The second-order valence-electron chi connectivity index (χ2n) is 5.80. The van der Waals surface area contributed by atoms with Crippen molar-refractivity contribution in [3.8, 4) is 0 Å². The maximum atomic E-state index is 12.6. The molecule has 108 valence electrons. The summed E-state index contributed by atoms with van der Waals surface area (Å²) in [4.78, 5) is 25.1. The topological polar surface area (TPSA) is 52.6 Å². The minimum absolute atomic E-state index is 0.491. The molecule has 4 heteroatoms. The molecule has 1 aromatic carbocycles. The first-order chi connectivity index (χ1) is 9.87. The second-order valence-corrected chi connectivity index (χ2v) is 5.80. The minimum atomic E-state index is -1.46. The predicted molar refractivity (Wildman–Crippen MR) is 76.2 cm³/mol. The molecule has 1 fully saturated rings. The van der Waals surface area contributed by atoms with Crippen molar-refractivity contribution < 1.29 is 19.1 Å². The van der Waals surface area contributed by atoms with Crippen LogP contribution in [0.3, 0.4) is 0 Å². The molecule has 1 atom stereocenters. The van der Waals surface area contributed by atoms with Gasteiger partial charge in [0.25, 0.3) is 5.79 Å². The number of carbonyl (C=O) groups excluding carboxylic acids is 2. The van der Waals surface area contributed by atoms with Crippen LogP contribution in [0, 0.1) is 5.41 Å². The van der Waals surface area contributed by atoms with E-state index >= 15 is 0 Å². The molecule has 1 spiro atoms. The molecule has 0 saturated carbocycles. The van der Waals surface area contributed by atoms with Gasteiger partial charge in [-0.1, -0.05) is 49.1 Å². The molecule has 0 radical (unpaired) electrons. The highest BCUT2D eigenvalue weighted by Gasteiger charge is 2.61. The second kappa shape index (κ2) is 4.32. The number of ether oxygens (including phenoxy) is 2. The Hall–Kier alpha value is -2.36. The molecule has 3 rings (SSSR count). The summed E-state index contributed by atoms with van der Waals surface area (Å²) >= 11 is 0. The first-order valence-corrected chi connectivity index (χ1v) is 6.77. The Morgan fingerprint density at radius 1 is 1.05 bits per heavy atom. The summed E-state index contributed by atoms with van der Waals surface area (Å²) in [5.74, 6) is -2.91. The largest absolute Gasteiger partial charge is 0.422 e. The van der Waals surface area contributed by atoms with E-state index in [2.05, 4.69) is 6.58 Å². The van der Waals surface area contributed by atoms with Crippen LogP contribution in [0.25, 0.3) is 0 Å². The van der Waals surface area contributed by atoms with Gasteiger partial charge in [-0.25, -0.2) is 0 Å². The first kappa shape index (κ1) is 13.6. The quantitative estimate of drug-likeness (QED) is 0.588. The molecule has 1 aromatic rings. The molecule has 0 bridgehead atoms. The molecule has 0 amide bonds. The zero-order valence-electron chi connectivity index (χ0n) is 12.0. The lowest BCUT2D eigenvalue weighted by molar-refractivity contribution is -0.247. The number of cyclic esters (lactones) is 2. The van der Waals surface area contributed by atoms with E-state index in [0.717, 1.165) is 5.56 Å². The van der Waals surface area contributed by atoms with Gasteiger partial charge in [0.05, 0.1) is 0 Å².